The Kier molecular flexibility index (Phi) is 14.6. The third kappa shape index (κ3) is 12.4. The maximum absolute atomic E-state index is 13.4. The summed E-state index contributed by atoms with van der Waals surface area (Å²) in [5.41, 5.74) is 6.60. The van der Waals surface area contributed by atoms with Crippen LogP contribution in [0.25, 0.3) is 0 Å². The van der Waals surface area contributed by atoms with Crippen molar-refractivity contribution in [3.63, 3.8) is 0 Å². The molecule has 1 aromatic carbocycles. The van der Waals surface area contributed by atoms with Gasteiger partial charge in [0, 0.05) is 24.7 Å². The lowest BCUT2D eigenvalue weighted by Crippen LogP contribution is -2.60. The molecular formula is C29H42N8O8. The molecule has 0 aliphatic carbocycles. The number of carboxylic acid groups (broad SMARTS) is 1. The van der Waals surface area contributed by atoms with Crippen molar-refractivity contribution >= 4 is 35.5 Å². The number of benzene rings is 1. The summed E-state index contributed by atoms with van der Waals surface area (Å²) in [7, 11) is 0. The summed E-state index contributed by atoms with van der Waals surface area (Å²) in [6, 6.07) is 2.53. The monoisotopic (exact) mass is 630 g/mol. The average Bonchev–Trinajstić information content (AvgIpc) is 3.51. The normalized spacial score (nSPS) is 14.3. The smallest absolute Gasteiger partial charge is 0.325 e. The van der Waals surface area contributed by atoms with E-state index in [2.05, 4.69) is 36.6 Å². The van der Waals surface area contributed by atoms with E-state index in [1.165, 1.54) is 19.4 Å². The summed E-state index contributed by atoms with van der Waals surface area (Å²) in [5, 5.41) is 31.5. The number of nitrogens with two attached hydrogens (primary N) is 1. The Balaban J connectivity index is 2.19. The van der Waals surface area contributed by atoms with Gasteiger partial charge in [0.25, 0.3) is 0 Å². The second kappa shape index (κ2) is 18.1. The number of hydrogen-bond acceptors (Lipinski definition) is 9. The highest BCUT2D eigenvalue weighted by Crippen LogP contribution is 2.09. The van der Waals surface area contributed by atoms with Gasteiger partial charge in [0.1, 0.15) is 30.2 Å². The molecule has 5 amide bonds. The van der Waals surface area contributed by atoms with Crippen LogP contribution >= 0.6 is 0 Å². The summed E-state index contributed by atoms with van der Waals surface area (Å²) in [5.74, 6) is -5.15. The lowest BCUT2D eigenvalue weighted by Gasteiger charge is -2.27. The fourth-order valence-corrected chi connectivity index (χ4v) is 4.23. The molecule has 5 atom stereocenters. The average molecular weight is 631 g/mol. The van der Waals surface area contributed by atoms with Gasteiger partial charge in [-0.25, -0.2) is 4.98 Å². The minimum absolute atomic E-state index is 0.0566. The van der Waals surface area contributed by atoms with Crippen molar-refractivity contribution in [2.75, 3.05) is 13.2 Å². The van der Waals surface area contributed by atoms with E-state index >= 15 is 0 Å². The molecule has 0 saturated heterocycles. The number of nitrogens with zero attached hydrogens (tertiary/aromatic N) is 1. The second-order valence-corrected chi connectivity index (χ2v) is 10.9. The molecule has 0 aliphatic heterocycles. The number of nitrogens with one attached hydrogen (secondary N) is 6. The van der Waals surface area contributed by atoms with Gasteiger partial charge < -0.3 is 47.5 Å². The van der Waals surface area contributed by atoms with Gasteiger partial charge in [-0.15, -0.1) is 0 Å². The Hall–Kier alpha value is -4.83. The van der Waals surface area contributed by atoms with E-state index in [4.69, 9.17) is 5.73 Å². The van der Waals surface area contributed by atoms with Crippen LogP contribution in [0, 0.1) is 5.92 Å². The van der Waals surface area contributed by atoms with Crippen LogP contribution in [0.15, 0.2) is 42.9 Å². The van der Waals surface area contributed by atoms with Crippen molar-refractivity contribution in [1.29, 1.82) is 0 Å². The molecule has 0 aliphatic rings. The molecule has 0 fully saturated rings. The van der Waals surface area contributed by atoms with Crippen LogP contribution in [0.4, 0.5) is 0 Å². The maximum atomic E-state index is 13.4. The number of aromatic amines is 1. The Bertz CT molecular complexity index is 1290. The Morgan fingerprint density at radius 2 is 1.36 bits per heavy atom. The molecule has 0 radical (unpaired) electrons. The molecule has 0 bridgehead atoms. The number of carbonyl (C=O) groups is 6. The molecule has 0 spiro atoms. The highest BCUT2D eigenvalue weighted by Gasteiger charge is 2.32. The van der Waals surface area contributed by atoms with E-state index in [0.717, 1.165) is 5.56 Å². The molecular weight excluding hydrogens is 588 g/mol. The Morgan fingerprint density at radius 1 is 0.800 bits per heavy atom. The number of imidazole rings is 1. The van der Waals surface area contributed by atoms with E-state index < -0.39 is 72.3 Å². The molecule has 1 heterocycles. The molecule has 45 heavy (non-hydrogen) atoms. The number of aliphatic hydroxyl groups excluding tert-OH is 1. The zero-order chi connectivity index (χ0) is 33.5. The summed E-state index contributed by atoms with van der Waals surface area (Å²) in [4.78, 5) is 82.7. The van der Waals surface area contributed by atoms with E-state index in [-0.39, 0.29) is 31.7 Å². The molecule has 0 saturated carbocycles. The van der Waals surface area contributed by atoms with Gasteiger partial charge in [0.2, 0.25) is 29.5 Å². The van der Waals surface area contributed by atoms with Gasteiger partial charge in [-0.05, 0) is 24.8 Å². The van der Waals surface area contributed by atoms with Crippen LogP contribution in [0.2, 0.25) is 0 Å². The largest absolute Gasteiger partial charge is 0.480 e. The van der Waals surface area contributed by atoms with Gasteiger partial charge in [-0.1, -0.05) is 44.2 Å². The molecule has 1 aromatic heterocycles. The third-order valence-electron chi connectivity index (χ3n) is 6.62. The third-order valence-corrected chi connectivity index (χ3v) is 6.62. The van der Waals surface area contributed by atoms with Crippen LogP contribution in [-0.4, -0.2) is 99.0 Å². The highest BCUT2D eigenvalue weighted by atomic mass is 16.4. The zero-order valence-corrected chi connectivity index (χ0v) is 25.4. The first kappa shape index (κ1) is 36.4. The first-order valence-corrected chi connectivity index (χ1v) is 14.4. The molecule has 16 heteroatoms. The fourth-order valence-electron chi connectivity index (χ4n) is 4.23. The number of hydrogen-bond donors (Lipinski definition) is 9. The van der Waals surface area contributed by atoms with Gasteiger partial charge in [-0.2, -0.15) is 0 Å². The van der Waals surface area contributed by atoms with Crippen LogP contribution in [0.1, 0.15) is 38.4 Å². The van der Waals surface area contributed by atoms with Crippen molar-refractivity contribution in [2.45, 2.75) is 70.2 Å². The summed E-state index contributed by atoms with van der Waals surface area (Å²) in [6.45, 7) is 3.68. The van der Waals surface area contributed by atoms with Gasteiger partial charge in [0.15, 0.2) is 0 Å². The van der Waals surface area contributed by atoms with Gasteiger partial charge >= 0.3 is 5.97 Å². The van der Waals surface area contributed by atoms with Crippen molar-refractivity contribution < 1.29 is 39.0 Å². The van der Waals surface area contributed by atoms with E-state index in [1.807, 2.05) is 0 Å². The second-order valence-electron chi connectivity index (χ2n) is 10.9. The van der Waals surface area contributed by atoms with Gasteiger partial charge in [0.05, 0.1) is 19.5 Å². The summed E-state index contributed by atoms with van der Waals surface area (Å²) in [6.07, 6.45) is 2.96. The zero-order valence-electron chi connectivity index (χ0n) is 25.4. The number of carboxylic acids is 1. The number of aliphatic carboxylic acids is 1. The van der Waals surface area contributed by atoms with Crippen LogP contribution < -0.4 is 32.3 Å². The first-order valence-electron chi connectivity index (χ1n) is 14.4. The number of amides is 5. The first-order chi connectivity index (χ1) is 21.3. The molecule has 0 unspecified atom stereocenters. The van der Waals surface area contributed by atoms with E-state index in [0.29, 0.717) is 5.69 Å². The minimum Gasteiger partial charge on any atom is -0.480 e. The van der Waals surface area contributed by atoms with Crippen LogP contribution in [0.3, 0.4) is 0 Å². The van der Waals surface area contributed by atoms with Crippen molar-refractivity contribution in [1.82, 2.24) is 36.6 Å². The molecule has 16 nitrogen and oxygen atoms in total. The lowest BCUT2D eigenvalue weighted by molar-refractivity contribution is -0.141. The summed E-state index contributed by atoms with van der Waals surface area (Å²) < 4.78 is 0. The number of aliphatic hydroxyl groups is 1. The van der Waals surface area contributed by atoms with Crippen LogP contribution in [0.5, 0.6) is 0 Å². The SMILES string of the molecule is CC(C)C[C@H](NC(=O)[C@H](CO)NC(=O)[C@H](Cc1ccccc1)NC(=O)CN)C(=O)N[C@@H](Cc1cnc[nH]1)C(=O)N[C@@H](C)C(=O)O. The van der Waals surface area contributed by atoms with E-state index in [1.54, 1.807) is 44.2 Å². The molecule has 2 rings (SSSR count). The molecule has 246 valence electrons. The minimum atomic E-state index is -1.49. The van der Waals surface area contributed by atoms with Crippen molar-refractivity contribution in [3.8, 4) is 0 Å². The van der Waals surface area contributed by atoms with Crippen molar-refractivity contribution in [3.05, 3.63) is 54.1 Å². The predicted octanol–water partition coefficient (Wildman–Crippen LogP) is -2.28. The Morgan fingerprint density at radius 3 is 1.91 bits per heavy atom. The number of rotatable bonds is 18. The maximum Gasteiger partial charge on any atom is 0.325 e. The highest BCUT2D eigenvalue weighted by molar-refractivity contribution is 5.96. The standard InChI is InChI=1S/C29H42N8O8/c1-16(2)9-20(26(41)36-22(11-19-13-31-15-32-19)25(40)33-17(3)29(44)45)35-28(43)23(14-38)37-27(42)21(34-24(39)12-30)10-18-7-5-4-6-8-18/h4-8,13,15-17,20-23,38H,9-12,14,30H2,1-3H3,(H,31,32)(H,33,40)(H,34,39)(H,35,43)(H,36,41)(H,37,42)(H,44,45)/t17-,20-,21-,22-,23-/m0/s1. The topological polar surface area (TPSA) is 258 Å². The fraction of sp³-hybridized carbons (Fsp3) is 0.483. The van der Waals surface area contributed by atoms with Crippen LogP contribution in [-0.2, 0) is 41.6 Å². The van der Waals surface area contributed by atoms with Crippen molar-refractivity contribution in [2.24, 2.45) is 11.7 Å². The number of H-pyrrole nitrogens is 1. The molecule has 2 aromatic rings. The quantitative estimate of drug-likeness (QED) is 0.0852. The number of carbonyl (C=O) groups excluding carboxylic acids is 5. The molecule has 10 N–H and O–H groups in total. The Labute approximate surface area is 260 Å². The lowest BCUT2D eigenvalue weighted by atomic mass is 10.0. The predicted molar refractivity (Wildman–Crippen MR) is 161 cm³/mol. The summed E-state index contributed by atoms with van der Waals surface area (Å²) >= 11 is 0. The van der Waals surface area contributed by atoms with E-state index in [9.17, 15) is 39.0 Å². The van der Waals surface area contributed by atoms with Gasteiger partial charge in [-0.3, -0.25) is 28.8 Å². The number of aromatic nitrogens is 2.